The maximum atomic E-state index is 11.1. The SMILES string of the molecule is [NH-]C1C(=O)C=Cc2ccccc21.[NH-]C1C(=O)C=Cc2ccccc21.[Ni+2]. The average Bonchev–Trinajstić information content (AvgIpc) is 2.62. The fourth-order valence-electron chi connectivity index (χ4n) is 2.69. The van der Waals surface area contributed by atoms with Crippen LogP contribution in [0.1, 0.15) is 34.3 Å². The first-order valence-corrected chi connectivity index (χ1v) is 7.62. The molecule has 0 aliphatic heterocycles. The molecular formula is C20H16N2NiO2. The fraction of sp³-hybridized carbons (Fsp3) is 0.100. The van der Waals surface area contributed by atoms with Gasteiger partial charge in [-0.3, -0.25) is 9.59 Å². The summed E-state index contributed by atoms with van der Waals surface area (Å²) in [5, 5.41) is 0. The summed E-state index contributed by atoms with van der Waals surface area (Å²) in [5.41, 5.74) is 18.7. The van der Waals surface area contributed by atoms with Gasteiger partial charge in [0, 0.05) is 0 Å². The minimum atomic E-state index is -0.716. The Kier molecular flexibility index (Phi) is 6.21. The molecule has 0 bridgehead atoms. The molecule has 25 heavy (non-hydrogen) atoms. The summed E-state index contributed by atoms with van der Waals surface area (Å²) in [4.78, 5) is 22.2. The van der Waals surface area contributed by atoms with Gasteiger partial charge in [0.15, 0.2) is 0 Å². The number of ketones is 2. The van der Waals surface area contributed by atoms with Crippen molar-refractivity contribution in [3.63, 3.8) is 0 Å². The number of rotatable bonds is 0. The van der Waals surface area contributed by atoms with Gasteiger partial charge in [-0.15, -0.1) is 0 Å². The number of hydrogen-bond acceptors (Lipinski definition) is 2. The molecule has 0 spiro atoms. The molecule has 2 unspecified atom stereocenters. The minimum Gasteiger partial charge on any atom is -0.664 e. The molecule has 0 heterocycles. The van der Waals surface area contributed by atoms with Crippen molar-refractivity contribution in [3.05, 3.63) is 94.4 Å². The second-order valence-corrected chi connectivity index (χ2v) is 5.60. The van der Waals surface area contributed by atoms with Gasteiger partial charge in [-0.1, -0.05) is 71.8 Å². The molecular weight excluding hydrogens is 359 g/mol. The number of fused-ring (bicyclic) bond motifs is 2. The topological polar surface area (TPSA) is 81.7 Å². The molecule has 128 valence electrons. The van der Waals surface area contributed by atoms with E-state index in [1.54, 1.807) is 12.2 Å². The normalized spacial score (nSPS) is 19.9. The molecule has 0 amide bonds. The predicted octanol–water partition coefficient (Wildman–Crippen LogP) is 4.75. The molecule has 2 aromatic rings. The van der Waals surface area contributed by atoms with E-state index in [0.29, 0.717) is 0 Å². The van der Waals surface area contributed by atoms with Gasteiger partial charge in [0.1, 0.15) is 11.6 Å². The van der Waals surface area contributed by atoms with Crippen LogP contribution in [0.3, 0.4) is 0 Å². The zero-order valence-electron chi connectivity index (χ0n) is 13.2. The van der Waals surface area contributed by atoms with Crippen molar-refractivity contribution in [2.75, 3.05) is 0 Å². The van der Waals surface area contributed by atoms with Crippen LogP contribution >= 0.6 is 0 Å². The second kappa shape index (κ2) is 8.17. The quantitative estimate of drug-likeness (QED) is 0.623. The van der Waals surface area contributed by atoms with Crippen LogP contribution in [-0.2, 0) is 26.1 Å². The van der Waals surface area contributed by atoms with E-state index >= 15 is 0 Å². The third-order valence-corrected chi connectivity index (χ3v) is 4.04. The number of nitrogens with one attached hydrogen (secondary N) is 2. The fourth-order valence-corrected chi connectivity index (χ4v) is 2.69. The third kappa shape index (κ3) is 4.02. The molecule has 5 heteroatoms. The minimum absolute atomic E-state index is 0. The Labute approximate surface area is 156 Å². The molecule has 0 aromatic heterocycles. The molecule has 2 N–H and O–H groups in total. The Balaban J connectivity index is 0.000000173. The Morgan fingerprint density at radius 3 is 1.36 bits per heavy atom. The van der Waals surface area contributed by atoms with E-state index in [9.17, 15) is 9.59 Å². The van der Waals surface area contributed by atoms with Gasteiger partial charge in [-0.2, -0.15) is 0 Å². The monoisotopic (exact) mass is 374 g/mol. The van der Waals surface area contributed by atoms with Crippen LogP contribution in [0.5, 0.6) is 0 Å². The van der Waals surface area contributed by atoms with Crippen LogP contribution in [-0.4, -0.2) is 11.6 Å². The first-order valence-electron chi connectivity index (χ1n) is 7.62. The van der Waals surface area contributed by atoms with Gasteiger partial charge in [-0.05, 0) is 35.4 Å². The van der Waals surface area contributed by atoms with Crippen molar-refractivity contribution in [2.24, 2.45) is 0 Å². The molecule has 2 atom stereocenters. The van der Waals surface area contributed by atoms with E-state index in [1.165, 1.54) is 12.2 Å². The van der Waals surface area contributed by atoms with E-state index in [1.807, 2.05) is 48.5 Å². The number of hydrogen-bond donors (Lipinski definition) is 0. The van der Waals surface area contributed by atoms with Crippen LogP contribution in [0.25, 0.3) is 23.6 Å². The molecule has 0 saturated heterocycles. The van der Waals surface area contributed by atoms with Crippen LogP contribution in [0.4, 0.5) is 0 Å². The van der Waals surface area contributed by atoms with Gasteiger partial charge in [-0.25, -0.2) is 0 Å². The summed E-state index contributed by atoms with van der Waals surface area (Å²) in [6.45, 7) is 0. The Morgan fingerprint density at radius 1 is 0.600 bits per heavy atom. The summed E-state index contributed by atoms with van der Waals surface area (Å²) in [6.07, 6.45) is 6.48. The molecule has 2 aliphatic carbocycles. The Bertz CT molecular complexity index is 787. The Morgan fingerprint density at radius 2 is 0.960 bits per heavy atom. The first-order chi connectivity index (χ1) is 11.6. The smallest absolute Gasteiger partial charge is 0.664 e. The number of carbonyl (C=O) groups is 2. The standard InChI is InChI=1S/2C10H8NO.Ni/c2*11-10-8-4-2-1-3-7(8)5-6-9(10)12;/h2*1-6,10-11H;/q2*-1;+2. The average molecular weight is 375 g/mol. The molecule has 2 aromatic carbocycles. The van der Waals surface area contributed by atoms with Crippen LogP contribution in [0, 0.1) is 0 Å². The van der Waals surface area contributed by atoms with Gasteiger partial charge in [0.25, 0.3) is 0 Å². The van der Waals surface area contributed by atoms with Crippen molar-refractivity contribution in [1.29, 1.82) is 0 Å². The van der Waals surface area contributed by atoms with Gasteiger partial charge < -0.3 is 11.5 Å². The maximum Gasteiger partial charge on any atom is 2.00 e. The molecule has 2 aliphatic rings. The third-order valence-electron chi connectivity index (χ3n) is 4.04. The van der Waals surface area contributed by atoms with Gasteiger partial charge in [0.05, 0.1) is 0 Å². The summed E-state index contributed by atoms with van der Waals surface area (Å²) in [7, 11) is 0. The first kappa shape index (κ1) is 19.0. The van der Waals surface area contributed by atoms with Crippen molar-refractivity contribution in [3.8, 4) is 0 Å². The van der Waals surface area contributed by atoms with E-state index in [-0.39, 0.29) is 28.1 Å². The van der Waals surface area contributed by atoms with Crippen LogP contribution in [0.2, 0.25) is 0 Å². The van der Waals surface area contributed by atoms with Gasteiger partial charge >= 0.3 is 16.5 Å². The molecule has 4 rings (SSSR count). The summed E-state index contributed by atoms with van der Waals surface area (Å²) < 4.78 is 0. The molecule has 0 fully saturated rings. The van der Waals surface area contributed by atoms with Crippen molar-refractivity contribution >= 4 is 23.7 Å². The zero-order chi connectivity index (χ0) is 17.1. The molecule has 0 radical (unpaired) electrons. The second-order valence-electron chi connectivity index (χ2n) is 5.60. The van der Waals surface area contributed by atoms with E-state index < -0.39 is 12.1 Å². The summed E-state index contributed by atoms with van der Waals surface area (Å²) in [6, 6.07) is 13.6. The molecule has 4 nitrogen and oxygen atoms in total. The predicted molar refractivity (Wildman–Crippen MR) is 95.1 cm³/mol. The van der Waals surface area contributed by atoms with Crippen molar-refractivity contribution in [2.45, 2.75) is 12.1 Å². The van der Waals surface area contributed by atoms with E-state index in [2.05, 4.69) is 0 Å². The van der Waals surface area contributed by atoms with Crippen molar-refractivity contribution < 1.29 is 26.1 Å². The summed E-state index contributed by atoms with van der Waals surface area (Å²) in [5.74, 6) is -0.262. The Hall–Kier alpha value is -2.33. The number of benzene rings is 2. The zero-order valence-corrected chi connectivity index (χ0v) is 14.2. The van der Waals surface area contributed by atoms with Crippen LogP contribution in [0.15, 0.2) is 60.7 Å². The maximum absolute atomic E-state index is 11.1. The van der Waals surface area contributed by atoms with E-state index in [0.717, 1.165) is 22.3 Å². The van der Waals surface area contributed by atoms with E-state index in [4.69, 9.17) is 11.5 Å². The largest absolute Gasteiger partial charge is 2.00 e. The number of carbonyl (C=O) groups excluding carboxylic acids is 2. The van der Waals surface area contributed by atoms with Crippen LogP contribution < -0.4 is 0 Å². The van der Waals surface area contributed by atoms with Crippen molar-refractivity contribution in [1.82, 2.24) is 0 Å². The molecule has 0 saturated carbocycles. The van der Waals surface area contributed by atoms with Gasteiger partial charge in [0.2, 0.25) is 0 Å². The summed E-state index contributed by atoms with van der Waals surface area (Å²) >= 11 is 0.